The first-order chi connectivity index (χ1) is 13.0. The van der Waals surface area contributed by atoms with Crippen molar-refractivity contribution < 1.29 is 19.1 Å². The van der Waals surface area contributed by atoms with E-state index in [1.165, 1.54) is 0 Å². The number of hydrogen-bond acceptors (Lipinski definition) is 7. The molecule has 0 bridgehead atoms. The Morgan fingerprint density at radius 2 is 1.89 bits per heavy atom. The molecule has 27 heavy (non-hydrogen) atoms. The van der Waals surface area contributed by atoms with E-state index in [1.807, 2.05) is 12.1 Å². The van der Waals surface area contributed by atoms with Crippen LogP contribution in [0.2, 0.25) is 0 Å². The average Bonchev–Trinajstić information content (AvgIpc) is 2.68. The van der Waals surface area contributed by atoms with Gasteiger partial charge in [-0.25, -0.2) is 4.99 Å². The van der Waals surface area contributed by atoms with Crippen LogP contribution in [0.15, 0.2) is 29.3 Å². The van der Waals surface area contributed by atoms with Crippen molar-refractivity contribution in [1.82, 2.24) is 15.1 Å². The molecule has 2 atom stereocenters. The molecule has 1 saturated heterocycles. The van der Waals surface area contributed by atoms with Crippen molar-refractivity contribution in [3.63, 3.8) is 0 Å². The Kier molecular flexibility index (Phi) is 5.95. The van der Waals surface area contributed by atoms with E-state index in [4.69, 9.17) is 14.5 Å². The van der Waals surface area contributed by atoms with E-state index >= 15 is 0 Å². The molecule has 2 aliphatic heterocycles. The molecule has 0 saturated carbocycles. The first kappa shape index (κ1) is 19.2. The van der Waals surface area contributed by atoms with Crippen LogP contribution in [-0.2, 0) is 14.3 Å². The first-order valence-corrected chi connectivity index (χ1v) is 9.16. The van der Waals surface area contributed by atoms with Gasteiger partial charge < -0.3 is 19.3 Å². The van der Waals surface area contributed by atoms with Crippen molar-refractivity contribution in [1.29, 1.82) is 0 Å². The van der Waals surface area contributed by atoms with E-state index in [0.717, 1.165) is 31.7 Å². The minimum Gasteiger partial charge on any atom is -0.497 e. The Morgan fingerprint density at radius 1 is 1.22 bits per heavy atom. The van der Waals surface area contributed by atoms with Crippen LogP contribution in [0.5, 0.6) is 5.75 Å². The molecular weight excluding hydrogens is 348 g/mol. The Balaban J connectivity index is 1.93. The van der Waals surface area contributed by atoms with E-state index in [2.05, 4.69) is 22.2 Å². The van der Waals surface area contributed by atoms with Gasteiger partial charge in [0, 0.05) is 26.2 Å². The molecule has 1 fully saturated rings. The van der Waals surface area contributed by atoms with Gasteiger partial charge in [0.2, 0.25) is 11.9 Å². The molecule has 3 rings (SSSR count). The standard InChI is InChI=1S/C19H26N4O4/c1-4-27-18(25)15-16(13-5-7-14(26-3)8-6-13)20-19(21-17(15)24)23-11-9-22(2)10-12-23/h5-8,15-16H,4,9-12H2,1-3H3,(H,20,21,24)/t15-,16-/m1/s1. The maximum atomic E-state index is 12.8. The Morgan fingerprint density at radius 3 is 2.48 bits per heavy atom. The zero-order valence-electron chi connectivity index (χ0n) is 16.0. The van der Waals surface area contributed by atoms with Crippen LogP contribution in [0.3, 0.4) is 0 Å². The molecule has 0 radical (unpaired) electrons. The summed E-state index contributed by atoms with van der Waals surface area (Å²) in [6.45, 7) is 5.27. The fraction of sp³-hybridized carbons (Fsp3) is 0.526. The number of nitrogens with zero attached hydrogens (tertiary/aromatic N) is 3. The summed E-state index contributed by atoms with van der Waals surface area (Å²) in [5.74, 6) is -0.714. The number of methoxy groups -OCH3 is 1. The summed E-state index contributed by atoms with van der Waals surface area (Å²) < 4.78 is 10.3. The van der Waals surface area contributed by atoms with Gasteiger partial charge in [0.05, 0.1) is 13.7 Å². The number of rotatable bonds is 4. The second kappa shape index (κ2) is 8.39. The number of aliphatic imine (C=N–C) groups is 1. The summed E-state index contributed by atoms with van der Waals surface area (Å²) >= 11 is 0. The quantitative estimate of drug-likeness (QED) is 0.615. The van der Waals surface area contributed by atoms with Crippen LogP contribution in [0.4, 0.5) is 0 Å². The van der Waals surface area contributed by atoms with E-state index in [9.17, 15) is 9.59 Å². The van der Waals surface area contributed by atoms with Crippen LogP contribution in [-0.4, -0.2) is 74.6 Å². The van der Waals surface area contributed by atoms with Crippen LogP contribution in [0.1, 0.15) is 18.5 Å². The summed E-state index contributed by atoms with van der Waals surface area (Å²) in [5.41, 5.74) is 0.773. The third-order valence-electron chi connectivity index (χ3n) is 4.90. The van der Waals surface area contributed by atoms with E-state index in [0.29, 0.717) is 11.7 Å². The summed E-state index contributed by atoms with van der Waals surface area (Å²) in [7, 11) is 3.66. The lowest BCUT2D eigenvalue weighted by Gasteiger charge is -2.37. The van der Waals surface area contributed by atoms with Gasteiger partial charge in [0.1, 0.15) is 11.8 Å². The lowest BCUT2D eigenvalue weighted by molar-refractivity contribution is -0.153. The van der Waals surface area contributed by atoms with E-state index < -0.39 is 17.9 Å². The Labute approximate surface area is 159 Å². The SMILES string of the molecule is CCOC(=O)[C@H]1C(=O)NC(N2CCN(C)CC2)=N[C@@H]1c1ccc(OC)cc1. The maximum absolute atomic E-state index is 12.8. The highest BCUT2D eigenvalue weighted by Gasteiger charge is 2.42. The number of likely N-dealkylation sites (N-methyl/N-ethyl adjacent to an activating group) is 1. The second-order valence-electron chi connectivity index (χ2n) is 6.68. The second-order valence-corrected chi connectivity index (χ2v) is 6.68. The molecule has 1 aromatic rings. The fourth-order valence-electron chi connectivity index (χ4n) is 3.28. The lowest BCUT2D eigenvalue weighted by atomic mass is 9.91. The highest BCUT2D eigenvalue weighted by Crippen LogP contribution is 2.32. The van der Waals surface area contributed by atoms with Crippen molar-refractivity contribution in [2.45, 2.75) is 13.0 Å². The van der Waals surface area contributed by atoms with Gasteiger partial charge >= 0.3 is 5.97 Å². The Bertz CT molecular complexity index is 711. The summed E-state index contributed by atoms with van der Waals surface area (Å²) in [6.07, 6.45) is 0. The normalized spacial score (nSPS) is 23.4. The molecule has 0 spiro atoms. The smallest absolute Gasteiger partial charge is 0.321 e. The molecule has 8 nitrogen and oxygen atoms in total. The average molecular weight is 374 g/mol. The molecule has 1 amide bonds. The molecule has 1 N–H and O–H groups in total. The Hall–Kier alpha value is -2.61. The summed E-state index contributed by atoms with van der Waals surface area (Å²) in [4.78, 5) is 34.2. The largest absolute Gasteiger partial charge is 0.497 e. The molecule has 146 valence electrons. The van der Waals surface area contributed by atoms with Gasteiger partial charge in [-0.2, -0.15) is 0 Å². The topological polar surface area (TPSA) is 83.5 Å². The molecule has 2 heterocycles. The van der Waals surface area contributed by atoms with Gasteiger partial charge in [-0.15, -0.1) is 0 Å². The number of nitrogens with one attached hydrogen (secondary N) is 1. The highest BCUT2D eigenvalue weighted by atomic mass is 16.5. The van der Waals surface area contributed by atoms with Crippen molar-refractivity contribution in [2.75, 3.05) is 46.9 Å². The number of hydrogen-bond donors (Lipinski definition) is 1. The number of piperazine rings is 1. The van der Waals surface area contributed by atoms with Crippen molar-refractivity contribution in [3.05, 3.63) is 29.8 Å². The van der Waals surface area contributed by atoms with Gasteiger partial charge in [-0.1, -0.05) is 12.1 Å². The first-order valence-electron chi connectivity index (χ1n) is 9.16. The predicted octanol–water partition coefficient (Wildman–Crippen LogP) is 0.649. The highest BCUT2D eigenvalue weighted by molar-refractivity contribution is 6.08. The van der Waals surface area contributed by atoms with Crippen molar-refractivity contribution in [2.24, 2.45) is 10.9 Å². The number of carbonyl (C=O) groups excluding carboxylic acids is 2. The number of benzene rings is 1. The monoisotopic (exact) mass is 374 g/mol. The zero-order chi connectivity index (χ0) is 19.4. The minimum atomic E-state index is -1.01. The van der Waals surface area contributed by atoms with Gasteiger partial charge in [0.25, 0.3) is 0 Å². The molecule has 1 aromatic carbocycles. The number of carbonyl (C=O) groups is 2. The van der Waals surface area contributed by atoms with Crippen LogP contribution in [0, 0.1) is 5.92 Å². The zero-order valence-corrected chi connectivity index (χ0v) is 16.0. The van der Waals surface area contributed by atoms with Crippen LogP contribution >= 0.6 is 0 Å². The van der Waals surface area contributed by atoms with Crippen molar-refractivity contribution >= 4 is 17.8 Å². The van der Waals surface area contributed by atoms with E-state index in [1.54, 1.807) is 26.2 Å². The molecule has 0 aromatic heterocycles. The third-order valence-corrected chi connectivity index (χ3v) is 4.90. The molecular formula is C19H26N4O4. The number of ether oxygens (including phenoxy) is 2. The van der Waals surface area contributed by atoms with Crippen LogP contribution in [0.25, 0.3) is 0 Å². The molecule has 2 aliphatic rings. The van der Waals surface area contributed by atoms with E-state index in [-0.39, 0.29) is 12.5 Å². The van der Waals surface area contributed by atoms with Crippen LogP contribution < -0.4 is 10.1 Å². The summed E-state index contributed by atoms with van der Waals surface area (Å²) in [5, 5.41) is 2.81. The number of amides is 1. The number of guanidine groups is 1. The van der Waals surface area contributed by atoms with Gasteiger partial charge in [-0.05, 0) is 31.7 Å². The number of esters is 1. The molecule has 0 aliphatic carbocycles. The van der Waals surface area contributed by atoms with Gasteiger partial charge in [-0.3, -0.25) is 14.9 Å². The summed E-state index contributed by atoms with van der Waals surface area (Å²) in [6, 6.07) is 6.64. The van der Waals surface area contributed by atoms with Gasteiger partial charge in [0.15, 0.2) is 5.92 Å². The predicted molar refractivity (Wildman–Crippen MR) is 101 cm³/mol. The maximum Gasteiger partial charge on any atom is 0.321 e. The fourth-order valence-corrected chi connectivity index (χ4v) is 3.28. The van der Waals surface area contributed by atoms with Crippen molar-refractivity contribution in [3.8, 4) is 5.75 Å². The lowest BCUT2D eigenvalue weighted by Crippen LogP contribution is -2.56. The molecule has 8 heteroatoms. The molecule has 0 unspecified atom stereocenters. The minimum absolute atomic E-state index is 0.215. The third kappa shape index (κ3) is 4.21.